The number of amides is 2. The van der Waals surface area contributed by atoms with Crippen molar-refractivity contribution in [1.82, 2.24) is 4.90 Å². The van der Waals surface area contributed by atoms with Crippen LogP contribution >= 0.6 is 0 Å². The molecule has 1 aromatic rings. The summed E-state index contributed by atoms with van der Waals surface area (Å²) >= 11 is 0. The lowest BCUT2D eigenvalue weighted by atomic mass is 10.1. The average molecular weight is 302 g/mol. The van der Waals surface area contributed by atoms with Crippen molar-refractivity contribution in [2.24, 2.45) is 0 Å². The highest BCUT2D eigenvalue weighted by molar-refractivity contribution is 5.92. The Labute approximate surface area is 130 Å². The van der Waals surface area contributed by atoms with Gasteiger partial charge >= 0.3 is 0 Å². The summed E-state index contributed by atoms with van der Waals surface area (Å²) < 4.78 is 5.43. The first-order valence-electron chi connectivity index (χ1n) is 7.43. The Morgan fingerprint density at radius 3 is 2.32 bits per heavy atom. The molecule has 2 atom stereocenters. The van der Waals surface area contributed by atoms with Crippen molar-refractivity contribution in [3.05, 3.63) is 35.9 Å². The van der Waals surface area contributed by atoms with E-state index in [2.05, 4.69) is 5.32 Å². The molecule has 118 valence electrons. The lowest BCUT2D eigenvalue weighted by Crippen LogP contribution is -2.51. The SMILES string of the molecule is CC(=O)Nc1ccc(C=CC(=O)N2C(C)COCC2C)cc1. The van der Waals surface area contributed by atoms with Gasteiger partial charge in [0.15, 0.2) is 0 Å². The molecular formula is C17H22N2O3. The monoisotopic (exact) mass is 302 g/mol. The van der Waals surface area contributed by atoms with E-state index < -0.39 is 0 Å². The van der Waals surface area contributed by atoms with Crippen LogP contribution in [0.1, 0.15) is 26.3 Å². The smallest absolute Gasteiger partial charge is 0.247 e. The van der Waals surface area contributed by atoms with E-state index in [9.17, 15) is 9.59 Å². The molecule has 1 heterocycles. The number of hydrogen-bond acceptors (Lipinski definition) is 3. The van der Waals surface area contributed by atoms with Gasteiger partial charge in [-0.05, 0) is 37.6 Å². The predicted molar refractivity (Wildman–Crippen MR) is 86.4 cm³/mol. The van der Waals surface area contributed by atoms with Gasteiger partial charge in [0, 0.05) is 18.7 Å². The molecule has 0 saturated carbocycles. The van der Waals surface area contributed by atoms with Crippen molar-refractivity contribution in [3.63, 3.8) is 0 Å². The van der Waals surface area contributed by atoms with Crippen LogP contribution in [0.3, 0.4) is 0 Å². The average Bonchev–Trinajstić information content (AvgIpc) is 2.46. The lowest BCUT2D eigenvalue weighted by molar-refractivity contribution is -0.138. The minimum atomic E-state index is -0.103. The molecule has 22 heavy (non-hydrogen) atoms. The van der Waals surface area contributed by atoms with Crippen molar-refractivity contribution in [2.75, 3.05) is 18.5 Å². The van der Waals surface area contributed by atoms with Gasteiger partial charge < -0.3 is 15.0 Å². The molecule has 1 aliphatic rings. The van der Waals surface area contributed by atoms with Crippen molar-refractivity contribution in [3.8, 4) is 0 Å². The third-order valence-corrected chi connectivity index (χ3v) is 3.57. The third kappa shape index (κ3) is 4.18. The van der Waals surface area contributed by atoms with E-state index in [0.717, 1.165) is 11.3 Å². The maximum absolute atomic E-state index is 12.3. The van der Waals surface area contributed by atoms with E-state index in [1.54, 1.807) is 12.2 Å². The van der Waals surface area contributed by atoms with E-state index in [0.29, 0.717) is 13.2 Å². The van der Waals surface area contributed by atoms with E-state index in [1.807, 2.05) is 43.0 Å². The van der Waals surface area contributed by atoms with Crippen LogP contribution < -0.4 is 5.32 Å². The van der Waals surface area contributed by atoms with E-state index >= 15 is 0 Å². The second-order valence-corrected chi connectivity index (χ2v) is 5.62. The van der Waals surface area contributed by atoms with Crippen LogP contribution in [0.15, 0.2) is 30.3 Å². The minimum Gasteiger partial charge on any atom is -0.377 e. The number of nitrogens with one attached hydrogen (secondary N) is 1. The van der Waals surface area contributed by atoms with Crippen LogP contribution in [-0.2, 0) is 14.3 Å². The molecular weight excluding hydrogens is 280 g/mol. The van der Waals surface area contributed by atoms with E-state index in [4.69, 9.17) is 4.74 Å². The Hall–Kier alpha value is -2.14. The first-order valence-corrected chi connectivity index (χ1v) is 7.43. The van der Waals surface area contributed by atoms with E-state index in [-0.39, 0.29) is 23.9 Å². The number of hydrogen-bond donors (Lipinski definition) is 1. The Kier molecular flexibility index (Phi) is 5.33. The third-order valence-electron chi connectivity index (χ3n) is 3.57. The summed E-state index contributed by atoms with van der Waals surface area (Å²) in [6, 6.07) is 7.52. The quantitative estimate of drug-likeness (QED) is 0.872. The van der Waals surface area contributed by atoms with Gasteiger partial charge in [-0.15, -0.1) is 0 Å². The molecule has 0 aliphatic carbocycles. The number of anilines is 1. The van der Waals surface area contributed by atoms with Gasteiger partial charge in [-0.25, -0.2) is 0 Å². The van der Waals surface area contributed by atoms with Crippen LogP contribution in [0.4, 0.5) is 5.69 Å². The zero-order valence-electron chi connectivity index (χ0n) is 13.2. The Morgan fingerprint density at radius 1 is 1.18 bits per heavy atom. The molecule has 2 rings (SSSR count). The first kappa shape index (κ1) is 16.2. The fraction of sp³-hybridized carbons (Fsp3) is 0.412. The number of carbonyl (C=O) groups is 2. The Morgan fingerprint density at radius 2 is 1.77 bits per heavy atom. The molecule has 2 unspecified atom stereocenters. The summed E-state index contributed by atoms with van der Waals surface area (Å²) in [5.74, 6) is -0.108. The summed E-state index contributed by atoms with van der Waals surface area (Å²) in [4.78, 5) is 25.1. The Balaban J connectivity index is 2.01. The summed E-state index contributed by atoms with van der Waals surface area (Å²) in [5, 5.41) is 2.71. The maximum atomic E-state index is 12.3. The van der Waals surface area contributed by atoms with Crippen molar-refractivity contribution in [1.29, 1.82) is 0 Å². The molecule has 1 saturated heterocycles. The highest BCUT2D eigenvalue weighted by atomic mass is 16.5. The highest BCUT2D eigenvalue weighted by Crippen LogP contribution is 2.15. The van der Waals surface area contributed by atoms with Crippen LogP contribution in [0.2, 0.25) is 0 Å². The van der Waals surface area contributed by atoms with Gasteiger partial charge in [0.2, 0.25) is 11.8 Å². The van der Waals surface area contributed by atoms with Crippen LogP contribution in [0.5, 0.6) is 0 Å². The van der Waals surface area contributed by atoms with Crippen LogP contribution in [0.25, 0.3) is 6.08 Å². The lowest BCUT2D eigenvalue weighted by Gasteiger charge is -2.38. The summed E-state index contributed by atoms with van der Waals surface area (Å²) in [5.41, 5.74) is 1.66. The fourth-order valence-corrected chi connectivity index (χ4v) is 2.57. The molecule has 0 bridgehead atoms. The van der Waals surface area contributed by atoms with Gasteiger partial charge in [0.25, 0.3) is 0 Å². The van der Waals surface area contributed by atoms with Gasteiger partial charge in [0.05, 0.1) is 25.3 Å². The second-order valence-electron chi connectivity index (χ2n) is 5.62. The molecule has 1 fully saturated rings. The second kappa shape index (κ2) is 7.22. The first-order chi connectivity index (χ1) is 10.5. The van der Waals surface area contributed by atoms with Crippen molar-refractivity contribution < 1.29 is 14.3 Å². The zero-order chi connectivity index (χ0) is 16.1. The summed E-state index contributed by atoms with van der Waals surface area (Å²) in [6.07, 6.45) is 3.38. The molecule has 1 aliphatic heterocycles. The maximum Gasteiger partial charge on any atom is 0.247 e. The molecule has 0 spiro atoms. The summed E-state index contributed by atoms with van der Waals surface area (Å²) in [7, 11) is 0. The number of benzene rings is 1. The van der Waals surface area contributed by atoms with E-state index in [1.165, 1.54) is 6.92 Å². The van der Waals surface area contributed by atoms with Crippen LogP contribution in [-0.4, -0.2) is 42.0 Å². The standard InChI is InChI=1S/C17H22N2O3/c1-12-10-22-11-13(2)19(12)17(21)9-6-15-4-7-16(8-5-15)18-14(3)20/h4-9,12-13H,10-11H2,1-3H3,(H,18,20). The topological polar surface area (TPSA) is 58.6 Å². The molecule has 2 amide bonds. The van der Waals surface area contributed by atoms with Gasteiger partial charge in [-0.1, -0.05) is 12.1 Å². The normalized spacial score (nSPS) is 21.9. The number of morpholine rings is 1. The van der Waals surface area contributed by atoms with Gasteiger partial charge in [-0.3, -0.25) is 9.59 Å². The molecule has 0 aromatic heterocycles. The number of rotatable bonds is 3. The van der Waals surface area contributed by atoms with Crippen LogP contribution in [0, 0.1) is 0 Å². The largest absolute Gasteiger partial charge is 0.377 e. The van der Waals surface area contributed by atoms with Gasteiger partial charge in [-0.2, -0.15) is 0 Å². The highest BCUT2D eigenvalue weighted by Gasteiger charge is 2.28. The molecule has 5 nitrogen and oxygen atoms in total. The molecule has 1 N–H and O–H groups in total. The fourth-order valence-electron chi connectivity index (χ4n) is 2.57. The molecule has 0 radical (unpaired) electrons. The number of nitrogens with zero attached hydrogens (tertiary/aromatic N) is 1. The van der Waals surface area contributed by atoms with Crippen molar-refractivity contribution in [2.45, 2.75) is 32.9 Å². The zero-order valence-corrected chi connectivity index (χ0v) is 13.2. The van der Waals surface area contributed by atoms with Crippen molar-refractivity contribution >= 4 is 23.6 Å². The Bertz CT molecular complexity index is 556. The minimum absolute atomic E-state index is 0.00534. The number of ether oxygens (including phenoxy) is 1. The molecule has 1 aromatic carbocycles. The summed E-state index contributed by atoms with van der Waals surface area (Å²) in [6.45, 7) is 6.61. The molecule has 5 heteroatoms. The number of carbonyl (C=O) groups excluding carboxylic acids is 2. The van der Waals surface area contributed by atoms with Gasteiger partial charge in [0.1, 0.15) is 0 Å². The predicted octanol–water partition coefficient (Wildman–Crippen LogP) is 2.29.